The van der Waals surface area contributed by atoms with Crippen LogP contribution in [0.1, 0.15) is 31.4 Å². The van der Waals surface area contributed by atoms with E-state index < -0.39 is 6.10 Å². The van der Waals surface area contributed by atoms with Gasteiger partial charge in [-0.05, 0) is 5.56 Å². The largest absolute Gasteiger partial charge is 0.388 e. The maximum Gasteiger partial charge on any atom is 0.135 e. The normalized spacial score (nSPS) is 12.5. The van der Waals surface area contributed by atoms with Crippen LogP contribution >= 0.6 is 0 Å². The van der Waals surface area contributed by atoms with Crippen molar-refractivity contribution < 1.29 is 9.90 Å². The molecule has 1 rings (SSSR count). The second kappa shape index (κ2) is 4.77. The molecule has 0 saturated heterocycles. The fourth-order valence-electron chi connectivity index (χ4n) is 1.15. The van der Waals surface area contributed by atoms with Gasteiger partial charge < -0.3 is 5.11 Å². The minimum atomic E-state index is -0.645. The summed E-state index contributed by atoms with van der Waals surface area (Å²) in [6.07, 6.45) is 0.0679. The molecule has 0 amide bonds. The van der Waals surface area contributed by atoms with E-state index in [1.807, 2.05) is 30.3 Å². The summed E-state index contributed by atoms with van der Waals surface area (Å²) in [6, 6.07) is 9.25. The number of aliphatic hydroxyl groups is 1. The molecule has 0 aliphatic rings. The van der Waals surface area contributed by atoms with Gasteiger partial charge >= 0.3 is 0 Å². The molecule has 0 aliphatic heterocycles. The van der Waals surface area contributed by atoms with Crippen molar-refractivity contribution in [3.05, 3.63) is 35.9 Å². The summed E-state index contributed by atoms with van der Waals surface area (Å²) in [5.41, 5.74) is 0.810. The average Bonchev–Trinajstić information content (AvgIpc) is 2.19. The third-order valence-electron chi connectivity index (χ3n) is 2.00. The Morgan fingerprint density at radius 2 is 2.00 bits per heavy atom. The summed E-state index contributed by atoms with van der Waals surface area (Å²) < 4.78 is 0. The number of carbonyl (C=O) groups is 1. The van der Waals surface area contributed by atoms with Gasteiger partial charge in [0.1, 0.15) is 5.78 Å². The van der Waals surface area contributed by atoms with Crippen molar-refractivity contribution in [1.82, 2.24) is 0 Å². The van der Waals surface area contributed by atoms with Crippen LogP contribution in [-0.2, 0) is 4.79 Å². The fraction of sp³-hybridized carbons (Fsp3) is 0.364. The van der Waals surface area contributed by atoms with E-state index in [4.69, 9.17) is 0 Å². The smallest absolute Gasteiger partial charge is 0.135 e. The van der Waals surface area contributed by atoms with Crippen LogP contribution in [0.4, 0.5) is 0 Å². The first-order valence-electron chi connectivity index (χ1n) is 4.48. The Balaban J connectivity index is 2.59. The topological polar surface area (TPSA) is 37.3 Å². The summed E-state index contributed by atoms with van der Waals surface area (Å²) in [7, 11) is 0. The first-order chi connectivity index (χ1) is 6.24. The minimum Gasteiger partial charge on any atom is -0.388 e. The van der Waals surface area contributed by atoms with Gasteiger partial charge in [0.05, 0.1) is 6.10 Å². The maximum absolute atomic E-state index is 11.0. The number of rotatable bonds is 4. The van der Waals surface area contributed by atoms with E-state index in [1.54, 1.807) is 6.92 Å². The van der Waals surface area contributed by atoms with Crippen molar-refractivity contribution in [1.29, 1.82) is 0 Å². The summed E-state index contributed by atoms with van der Waals surface area (Å²) in [5.74, 6) is 0.0938. The van der Waals surface area contributed by atoms with E-state index >= 15 is 0 Å². The van der Waals surface area contributed by atoms with Gasteiger partial charge in [-0.2, -0.15) is 0 Å². The number of aliphatic hydroxyl groups excluding tert-OH is 1. The molecule has 0 heterocycles. The molecule has 1 atom stereocenters. The van der Waals surface area contributed by atoms with Crippen LogP contribution < -0.4 is 0 Å². The summed E-state index contributed by atoms with van der Waals surface area (Å²) >= 11 is 0. The van der Waals surface area contributed by atoms with Crippen molar-refractivity contribution in [2.45, 2.75) is 25.9 Å². The lowest BCUT2D eigenvalue weighted by atomic mass is 10.0. The molecule has 1 aromatic rings. The van der Waals surface area contributed by atoms with Crippen LogP contribution in [-0.4, -0.2) is 10.9 Å². The Hall–Kier alpha value is -1.15. The molecule has 0 radical (unpaired) electrons. The molecule has 1 aromatic carbocycles. The summed E-state index contributed by atoms with van der Waals surface area (Å²) in [6.45, 7) is 1.81. The number of ketones is 1. The molecule has 0 aromatic heterocycles. The van der Waals surface area contributed by atoms with Crippen molar-refractivity contribution in [3.63, 3.8) is 0 Å². The molecular formula is C11H14O2. The lowest BCUT2D eigenvalue weighted by Crippen LogP contribution is -2.04. The molecule has 0 bridgehead atoms. The quantitative estimate of drug-likeness (QED) is 0.766. The number of hydrogen-bond donors (Lipinski definition) is 1. The van der Waals surface area contributed by atoms with Crippen LogP contribution in [0.5, 0.6) is 0 Å². The monoisotopic (exact) mass is 178 g/mol. The molecule has 0 aliphatic carbocycles. The maximum atomic E-state index is 11.0. The lowest BCUT2D eigenvalue weighted by Gasteiger charge is -2.08. The highest BCUT2D eigenvalue weighted by Crippen LogP contribution is 2.16. The van der Waals surface area contributed by atoms with E-state index in [2.05, 4.69) is 0 Å². The van der Waals surface area contributed by atoms with Gasteiger partial charge in [-0.15, -0.1) is 0 Å². The average molecular weight is 178 g/mol. The highest BCUT2D eigenvalue weighted by atomic mass is 16.3. The molecule has 13 heavy (non-hydrogen) atoms. The van der Waals surface area contributed by atoms with E-state index in [0.717, 1.165) is 5.56 Å². The molecule has 0 spiro atoms. The van der Waals surface area contributed by atoms with Gasteiger partial charge in [-0.1, -0.05) is 37.3 Å². The van der Waals surface area contributed by atoms with E-state index in [9.17, 15) is 9.90 Å². The predicted octanol–water partition coefficient (Wildman–Crippen LogP) is 2.09. The third-order valence-corrected chi connectivity index (χ3v) is 2.00. The molecule has 1 unspecified atom stereocenters. The van der Waals surface area contributed by atoms with E-state index in [1.165, 1.54) is 0 Å². The Labute approximate surface area is 78.2 Å². The number of benzene rings is 1. The molecule has 0 saturated carbocycles. The van der Waals surface area contributed by atoms with Gasteiger partial charge in [0, 0.05) is 12.8 Å². The molecule has 70 valence electrons. The van der Waals surface area contributed by atoms with Crippen LogP contribution in [0.3, 0.4) is 0 Å². The number of Topliss-reactive ketones (excluding diaryl/α,β-unsaturated/α-hetero) is 1. The Kier molecular flexibility index (Phi) is 3.65. The summed E-state index contributed by atoms with van der Waals surface area (Å²) in [4.78, 5) is 11.0. The fourth-order valence-corrected chi connectivity index (χ4v) is 1.15. The van der Waals surface area contributed by atoms with Crippen molar-refractivity contribution in [3.8, 4) is 0 Å². The standard InChI is InChI=1S/C11H14O2/c1-2-10(12)8-11(13)9-6-4-3-5-7-9/h3-7,11,13H,2,8H2,1H3. The summed E-state index contributed by atoms with van der Waals surface area (Å²) in [5, 5.41) is 9.60. The highest BCUT2D eigenvalue weighted by molar-refractivity contribution is 5.78. The van der Waals surface area contributed by atoms with Crippen LogP contribution in [0.25, 0.3) is 0 Å². The van der Waals surface area contributed by atoms with E-state index in [-0.39, 0.29) is 12.2 Å². The van der Waals surface area contributed by atoms with Gasteiger partial charge in [0.15, 0.2) is 0 Å². The Morgan fingerprint density at radius 1 is 1.38 bits per heavy atom. The Bertz CT molecular complexity index is 267. The minimum absolute atomic E-state index is 0.0938. The first-order valence-corrected chi connectivity index (χ1v) is 4.48. The molecular weight excluding hydrogens is 164 g/mol. The van der Waals surface area contributed by atoms with Crippen LogP contribution in [0.2, 0.25) is 0 Å². The SMILES string of the molecule is CCC(=O)CC(O)c1ccccc1. The zero-order valence-electron chi connectivity index (χ0n) is 7.73. The first kappa shape index (κ1) is 9.93. The second-order valence-electron chi connectivity index (χ2n) is 3.02. The Morgan fingerprint density at radius 3 is 2.54 bits per heavy atom. The van der Waals surface area contributed by atoms with Gasteiger partial charge in [0.2, 0.25) is 0 Å². The van der Waals surface area contributed by atoms with Gasteiger partial charge in [0.25, 0.3) is 0 Å². The lowest BCUT2D eigenvalue weighted by molar-refractivity contribution is -0.120. The third kappa shape index (κ3) is 2.99. The van der Waals surface area contributed by atoms with Gasteiger partial charge in [-0.3, -0.25) is 4.79 Å². The van der Waals surface area contributed by atoms with Crippen molar-refractivity contribution >= 4 is 5.78 Å². The zero-order chi connectivity index (χ0) is 9.68. The van der Waals surface area contributed by atoms with Gasteiger partial charge in [-0.25, -0.2) is 0 Å². The van der Waals surface area contributed by atoms with Crippen LogP contribution in [0, 0.1) is 0 Å². The van der Waals surface area contributed by atoms with Crippen molar-refractivity contribution in [2.75, 3.05) is 0 Å². The highest BCUT2D eigenvalue weighted by Gasteiger charge is 2.10. The zero-order valence-corrected chi connectivity index (χ0v) is 7.73. The van der Waals surface area contributed by atoms with Crippen molar-refractivity contribution in [2.24, 2.45) is 0 Å². The number of carbonyl (C=O) groups excluding carboxylic acids is 1. The molecule has 2 nitrogen and oxygen atoms in total. The molecule has 2 heteroatoms. The molecule has 1 N–H and O–H groups in total. The second-order valence-corrected chi connectivity index (χ2v) is 3.02. The molecule has 0 fully saturated rings. The predicted molar refractivity (Wildman–Crippen MR) is 51.3 cm³/mol. The number of hydrogen-bond acceptors (Lipinski definition) is 2. The van der Waals surface area contributed by atoms with Crippen LogP contribution in [0.15, 0.2) is 30.3 Å². The van der Waals surface area contributed by atoms with E-state index in [0.29, 0.717) is 6.42 Å².